The summed E-state index contributed by atoms with van der Waals surface area (Å²) in [7, 11) is 6.00. The summed E-state index contributed by atoms with van der Waals surface area (Å²) in [5.74, 6) is 1.39. The van der Waals surface area contributed by atoms with E-state index in [9.17, 15) is 51.7 Å². The molecule has 0 aliphatic heterocycles. The first-order valence-corrected chi connectivity index (χ1v) is 40.7. The number of carbonyl (C=O) groups excluding carboxylic acids is 2. The summed E-state index contributed by atoms with van der Waals surface area (Å²) in [6.45, 7) is 55.9. The highest BCUT2D eigenvalue weighted by Gasteiger charge is 2.37. The summed E-state index contributed by atoms with van der Waals surface area (Å²) in [5, 5.41) is 107. The second kappa shape index (κ2) is 43.0. The average Bonchev–Trinajstić information content (AvgIpc) is 1.32. The molecule has 0 radical (unpaired) electrons. The Labute approximate surface area is 755 Å². The van der Waals surface area contributed by atoms with Crippen LogP contribution in [-0.2, 0) is 113 Å². The van der Waals surface area contributed by atoms with Crippen LogP contribution >= 0.6 is 0 Å². The monoisotopic (exact) mass is 1740 g/mol. The van der Waals surface area contributed by atoms with Crippen LogP contribution in [0.25, 0.3) is 9.69 Å². The largest absolute Gasteiger partial charge is 0.453 e. The van der Waals surface area contributed by atoms with Gasteiger partial charge < -0.3 is 29.3 Å². The van der Waals surface area contributed by atoms with E-state index in [1.807, 2.05) is 184 Å². The molecule has 5 heterocycles. The highest BCUT2D eigenvalue weighted by Crippen LogP contribution is 2.42. The number of nitrogens with zero attached hydrogens (tertiary/aromatic N) is 27. The fourth-order valence-corrected chi connectivity index (χ4v) is 12.4. The lowest BCUT2D eigenvalue weighted by Crippen LogP contribution is -2.24. The van der Waals surface area contributed by atoms with Gasteiger partial charge in [-0.15, -0.1) is 10.2 Å². The molecular formula is C95H111N29O5. The molecule has 34 nitrogen and oxygen atoms in total. The van der Waals surface area contributed by atoms with E-state index in [1.165, 1.54) is 40.0 Å². The molecule has 0 bridgehead atoms. The van der Waals surface area contributed by atoms with Gasteiger partial charge in [0.15, 0.2) is 17.5 Å². The lowest BCUT2D eigenvalue weighted by atomic mass is 9.79. The Balaban J connectivity index is 0.000000249. The molecule has 129 heavy (non-hydrogen) atoms. The Bertz CT molecular complexity index is 6020. The first kappa shape index (κ1) is 102. The first-order valence-electron chi connectivity index (χ1n) is 40.7. The molecule has 2 N–H and O–H groups in total. The maximum Gasteiger partial charge on any atom is 0.411 e. The Morgan fingerprint density at radius 3 is 1.03 bits per heavy atom. The molecule has 0 aliphatic carbocycles. The molecule has 0 unspecified atom stereocenters. The van der Waals surface area contributed by atoms with E-state index in [4.69, 9.17) is 22.6 Å². The van der Waals surface area contributed by atoms with Crippen LogP contribution in [0.15, 0.2) is 133 Å². The summed E-state index contributed by atoms with van der Waals surface area (Å²) in [6.07, 6.45) is 13.3. The van der Waals surface area contributed by atoms with Crippen molar-refractivity contribution in [3.63, 3.8) is 0 Å². The molecule has 10 aromatic rings. The quantitative estimate of drug-likeness (QED) is 0.0274. The van der Waals surface area contributed by atoms with Crippen molar-refractivity contribution in [1.82, 2.24) is 73.8 Å². The molecule has 0 aliphatic rings. The van der Waals surface area contributed by atoms with E-state index in [1.54, 1.807) is 109 Å². The number of nitrogens with one attached hydrogen (secondary N) is 2. The van der Waals surface area contributed by atoms with Gasteiger partial charge in [-0.05, 0) is 207 Å². The van der Waals surface area contributed by atoms with Crippen LogP contribution in [0.3, 0.4) is 0 Å². The van der Waals surface area contributed by atoms with E-state index >= 15 is 0 Å². The van der Waals surface area contributed by atoms with Gasteiger partial charge in [0.1, 0.15) is 64.2 Å². The Morgan fingerprint density at radius 1 is 0.419 bits per heavy atom. The number of methoxy groups -OCH3 is 2. The fraction of sp³-hybridized carbons (Fsp3) is 0.432. The third-order valence-corrected chi connectivity index (χ3v) is 21.1. The van der Waals surface area contributed by atoms with E-state index in [0.29, 0.717) is 84.9 Å². The summed E-state index contributed by atoms with van der Waals surface area (Å²) in [6, 6.07) is 43.7. The van der Waals surface area contributed by atoms with Gasteiger partial charge in [0, 0.05) is 59.9 Å². The minimum absolute atomic E-state index is 0.225. The summed E-state index contributed by atoms with van der Waals surface area (Å²) < 4.78 is 18.2. The predicted molar refractivity (Wildman–Crippen MR) is 485 cm³/mol. The van der Waals surface area contributed by atoms with Crippen LogP contribution in [-0.4, -0.2) is 127 Å². The van der Waals surface area contributed by atoms with Crippen molar-refractivity contribution in [2.75, 3.05) is 39.0 Å². The lowest BCUT2D eigenvalue weighted by Gasteiger charge is -2.25. The van der Waals surface area contributed by atoms with Gasteiger partial charge >= 0.3 is 6.09 Å². The van der Waals surface area contributed by atoms with Crippen molar-refractivity contribution in [2.24, 2.45) is 10.1 Å². The molecule has 34 heteroatoms. The minimum atomic E-state index is -0.901. The highest BCUT2D eigenvalue weighted by molar-refractivity contribution is 5.91. The van der Waals surface area contributed by atoms with E-state index in [0.717, 1.165) is 66.8 Å². The van der Waals surface area contributed by atoms with E-state index < -0.39 is 60.5 Å². The van der Waals surface area contributed by atoms with Crippen molar-refractivity contribution in [2.45, 2.75) is 239 Å². The van der Waals surface area contributed by atoms with Gasteiger partial charge in [-0.3, -0.25) is 15.1 Å². The number of oxime groups is 1. The molecule has 5 aromatic heterocycles. The maximum absolute atomic E-state index is 11.9. The van der Waals surface area contributed by atoms with Crippen molar-refractivity contribution in [3.05, 3.63) is 247 Å². The lowest BCUT2D eigenvalue weighted by molar-refractivity contribution is -0.114. The van der Waals surface area contributed by atoms with E-state index in [-0.39, 0.29) is 5.91 Å². The molecule has 666 valence electrons. The number of benzene rings is 5. The Hall–Kier alpha value is -15.5. The van der Waals surface area contributed by atoms with Gasteiger partial charge in [-0.1, -0.05) is 59.8 Å². The molecule has 0 spiro atoms. The number of nitriles is 8. The van der Waals surface area contributed by atoms with Crippen LogP contribution in [0.2, 0.25) is 0 Å². The number of hydrogen-bond donors (Lipinski definition) is 2. The van der Waals surface area contributed by atoms with Gasteiger partial charge in [-0.2, -0.15) is 57.4 Å². The van der Waals surface area contributed by atoms with Crippen LogP contribution in [0, 0.1) is 104 Å². The van der Waals surface area contributed by atoms with Crippen LogP contribution in [0.1, 0.15) is 246 Å². The molecule has 0 fully saturated rings. The third-order valence-electron chi connectivity index (χ3n) is 21.1. The molecule has 0 atom stereocenters. The Morgan fingerprint density at radius 2 is 0.744 bits per heavy atom. The topological polar surface area (TPSA) is 463 Å². The van der Waals surface area contributed by atoms with Gasteiger partial charge in [-0.25, -0.2) is 66.3 Å². The highest BCUT2D eigenvalue weighted by atomic mass is 16.6. The fourth-order valence-electron chi connectivity index (χ4n) is 12.4. The van der Waals surface area contributed by atoms with Crippen molar-refractivity contribution in [3.8, 4) is 48.6 Å². The van der Waals surface area contributed by atoms with Crippen LogP contribution in [0.5, 0.6) is 0 Å². The van der Waals surface area contributed by atoms with E-state index in [2.05, 4.69) is 134 Å². The minimum Gasteiger partial charge on any atom is -0.453 e. The van der Waals surface area contributed by atoms with Crippen LogP contribution < -0.4 is 10.6 Å². The number of amides is 2. The standard InChI is InChI=1S/C19H22N6O2.2C19H22N6O.C19H22N6.C19H23N5O/c1-18(2,10-20)15-8-14(19(3,4)21-5)7-13(9-25-12-22-11-23-25)16(15)24-17(26)27-6;1-18(2,11-20)15-6-14(7-16(8-15)19(3,4)12-21)10-25-13-22-17(24-25)9-23-26-5;1-13(26)24-17-14(9-25-12-22-11-23-25)7-15(19(4,5)21-6)8-16(17)18(2,3)10-20;1-18(2,11-20)15-6-14(7-16(8-15)19(3,4)12-21)10-25-13-23-17(24-25)9-22-5;1-18(2,11-20)15-6-14(7-16(8-15)19(3,4)12-21)9-24-13-22-17(23-24)10-25-5/h7-8,11-12H,9H2,1-4,6H3,(H,24,26);6-9,13H,10H2,1-5H3;7-8,11-12H,9H2,1-5H3,(H,24,26);6-9,13H,10H2,1-5H3;6-8,13H,9-10H2,1-5H3/b;23-9+;;;. The van der Waals surface area contributed by atoms with Crippen molar-refractivity contribution >= 4 is 35.8 Å². The molecule has 5 aromatic carbocycles. The maximum atomic E-state index is 11.9. The molecule has 10 rings (SSSR count). The molecule has 0 saturated carbocycles. The Kier molecular flexibility index (Phi) is 34.1. The SMILES string of the molecule is CN=Cc1ncn(Cc2cc(C(C)(C)C#N)cc(C(C)(C)C#N)c2)n1.CO/N=C/c1ncn(Cc2cc(C(C)(C)C#N)cc(C(C)(C)C#N)c2)n1.COCc1ncn(Cc2cc(C(C)(C)C#N)cc(C(C)(C)C#N)c2)n1.[C-]#[N+]C(C)(C)c1cc(Cn2cncn2)c(NC(=O)OC)c(C(C)(C)C#N)c1.[C-]#[N+]C(C)(C)c1cc(Cn2cncn2)c(NC(C)=O)c(C(C)(C)C#N)c1. The number of rotatable bonds is 27. The number of ether oxygens (including phenoxy) is 2. The zero-order valence-electron chi connectivity index (χ0n) is 78.1. The average molecular weight is 1740 g/mol. The predicted octanol–water partition coefficient (Wildman–Crippen LogP) is 15.7. The number of carbonyl (C=O) groups is 2. The summed E-state index contributed by atoms with van der Waals surface area (Å²) >= 11 is 0. The number of aromatic nitrogens is 15. The molecule has 0 saturated heterocycles. The first-order chi connectivity index (χ1) is 60.4. The number of anilines is 2. The summed E-state index contributed by atoms with van der Waals surface area (Å²) in [4.78, 5) is 60.1. The van der Waals surface area contributed by atoms with Gasteiger partial charge in [0.05, 0.1) is 149 Å². The zero-order valence-corrected chi connectivity index (χ0v) is 78.1. The molecular weight excluding hydrogens is 1630 g/mol. The van der Waals surface area contributed by atoms with Crippen molar-refractivity contribution < 1.29 is 23.9 Å². The van der Waals surface area contributed by atoms with Crippen LogP contribution in [0.4, 0.5) is 16.2 Å². The number of hydrogen-bond acceptors (Lipinski definition) is 25. The normalized spacial score (nSPS) is 11.7. The number of aliphatic imine (C=N–C) groups is 1. The second-order valence-electron chi connectivity index (χ2n) is 35.8. The van der Waals surface area contributed by atoms with Gasteiger partial charge in [0.2, 0.25) is 5.91 Å². The van der Waals surface area contributed by atoms with Crippen molar-refractivity contribution in [1.29, 1.82) is 42.1 Å². The van der Waals surface area contributed by atoms with Gasteiger partial charge in [0.25, 0.3) is 11.1 Å². The molecule has 2 amide bonds. The third kappa shape index (κ3) is 27.5. The zero-order chi connectivity index (χ0) is 96.5. The smallest absolute Gasteiger partial charge is 0.411 e. The second-order valence-corrected chi connectivity index (χ2v) is 35.8. The summed E-state index contributed by atoms with van der Waals surface area (Å²) in [5.41, 5.74) is 6.42.